The average Bonchev–Trinajstić information content (AvgIpc) is 2.82. The largest absolute Gasteiger partial charge is 0.470 e. The number of hydrogen-bond donors (Lipinski definition) is 4. The van der Waals surface area contributed by atoms with Crippen molar-refractivity contribution in [1.82, 2.24) is 0 Å². The van der Waals surface area contributed by atoms with E-state index in [2.05, 4.69) is 26.2 Å². The Kier molecular flexibility index (Phi) is 20.7. The van der Waals surface area contributed by atoms with Crippen molar-refractivity contribution in [3.05, 3.63) is 96.7 Å². The molecule has 214 valence electrons. The number of hydrogen-bond acceptors (Lipinski definition) is 4. The fourth-order valence-electron chi connectivity index (χ4n) is 3.59. The van der Waals surface area contributed by atoms with E-state index in [1.54, 1.807) is 0 Å². The Morgan fingerprint density at radius 2 is 1.55 bits per heavy atom. The lowest BCUT2D eigenvalue weighted by molar-refractivity contribution is -0.0393. The topological polar surface area (TPSA) is 107 Å². The number of aliphatic hydroxyl groups excluding tert-OH is 1. The Morgan fingerprint density at radius 1 is 0.921 bits per heavy atom. The van der Waals surface area contributed by atoms with Crippen molar-refractivity contribution in [2.24, 2.45) is 5.92 Å². The molecule has 0 saturated heterocycles. The number of unbranched alkanes of at least 4 members (excludes halogenated alkanes) is 3. The first-order valence-corrected chi connectivity index (χ1v) is 14.9. The van der Waals surface area contributed by atoms with E-state index in [-0.39, 0.29) is 12.3 Å². The van der Waals surface area contributed by atoms with Gasteiger partial charge in [0, 0.05) is 6.42 Å². The van der Waals surface area contributed by atoms with Gasteiger partial charge in [-0.25, -0.2) is 4.57 Å². The predicted molar refractivity (Wildman–Crippen MR) is 159 cm³/mol. The lowest BCUT2D eigenvalue weighted by Gasteiger charge is -2.18. The summed E-state index contributed by atoms with van der Waals surface area (Å²) in [4.78, 5) is 18.6. The quantitative estimate of drug-likeness (QED) is 0.0384. The van der Waals surface area contributed by atoms with Crippen LogP contribution in [0.2, 0.25) is 0 Å². The van der Waals surface area contributed by atoms with Crippen LogP contribution in [0.5, 0.6) is 0 Å². The minimum atomic E-state index is -4.59. The standard InChI is InChI=1S/C31H49O6P/c1-6-20-26(2)21-16-12-11-14-18-23-28(4)30(37-38(34,35)36)24-19-15-10-8-7-9-13-17-22-27(3)29(5)25-31(32)33/h6-10,13-14,17-18,20,23,27,30-33H,1,5,11-12,15-16,19,21-22,24-25H2,2-4H3,(H2,34,35,36). The van der Waals surface area contributed by atoms with Crippen LogP contribution in [-0.2, 0) is 9.09 Å². The number of phosphoric acid groups is 1. The summed E-state index contributed by atoms with van der Waals surface area (Å²) in [5, 5.41) is 18.0. The van der Waals surface area contributed by atoms with Crippen LogP contribution in [0.15, 0.2) is 96.7 Å². The van der Waals surface area contributed by atoms with Crippen LogP contribution in [0.3, 0.4) is 0 Å². The Balaban J connectivity index is 4.51. The molecule has 0 aromatic rings. The van der Waals surface area contributed by atoms with Crippen molar-refractivity contribution in [3.8, 4) is 0 Å². The minimum Gasteiger partial charge on any atom is -0.368 e. The molecule has 0 radical (unpaired) electrons. The van der Waals surface area contributed by atoms with Gasteiger partial charge in [0.25, 0.3) is 0 Å². The third-order valence-corrected chi connectivity index (χ3v) is 6.46. The Morgan fingerprint density at radius 3 is 2.18 bits per heavy atom. The van der Waals surface area contributed by atoms with E-state index < -0.39 is 20.2 Å². The fraction of sp³-hybridized carbons (Fsp3) is 0.484. The van der Waals surface area contributed by atoms with Crippen molar-refractivity contribution in [3.63, 3.8) is 0 Å². The van der Waals surface area contributed by atoms with Crippen molar-refractivity contribution in [2.75, 3.05) is 0 Å². The van der Waals surface area contributed by atoms with Crippen LogP contribution in [0.1, 0.15) is 78.6 Å². The number of rotatable bonds is 21. The molecule has 0 spiro atoms. The highest BCUT2D eigenvalue weighted by Crippen LogP contribution is 2.40. The van der Waals surface area contributed by atoms with Crippen molar-refractivity contribution >= 4 is 7.82 Å². The molecule has 0 heterocycles. The van der Waals surface area contributed by atoms with Gasteiger partial charge < -0.3 is 20.0 Å². The molecule has 0 aromatic carbocycles. The monoisotopic (exact) mass is 548 g/mol. The zero-order chi connectivity index (χ0) is 28.8. The maximum absolute atomic E-state index is 11.4. The predicted octanol–water partition coefficient (Wildman–Crippen LogP) is 7.78. The van der Waals surface area contributed by atoms with Gasteiger partial charge in [0.1, 0.15) is 0 Å². The molecule has 4 N–H and O–H groups in total. The zero-order valence-corrected chi connectivity index (χ0v) is 24.3. The molecule has 0 saturated carbocycles. The van der Waals surface area contributed by atoms with Gasteiger partial charge in [0.15, 0.2) is 6.29 Å². The maximum atomic E-state index is 11.4. The molecule has 0 aliphatic heterocycles. The van der Waals surface area contributed by atoms with Crippen LogP contribution < -0.4 is 0 Å². The van der Waals surface area contributed by atoms with Crippen LogP contribution in [0.4, 0.5) is 0 Å². The van der Waals surface area contributed by atoms with Gasteiger partial charge in [-0.3, -0.25) is 4.52 Å². The zero-order valence-electron chi connectivity index (χ0n) is 23.4. The lowest BCUT2D eigenvalue weighted by Crippen LogP contribution is -2.13. The van der Waals surface area contributed by atoms with Crippen LogP contribution >= 0.6 is 7.82 Å². The molecule has 0 aliphatic carbocycles. The molecule has 6 nitrogen and oxygen atoms in total. The van der Waals surface area contributed by atoms with Gasteiger partial charge in [-0.2, -0.15) is 0 Å². The van der Waals surface area contributed by atoms with Gasteiger partial charge in [-0.15, -0.1) is 0 Å². The molecule has 0 fully saturated rings. The number of allylic oxidation sites excluding steroid dienone is 12. The highest BCUT2D eigenvalue weighted by molar-refractivity contribution is 7.46. The Labute approximate surface area is 230 Å². The van der Waals surface area contributed by atoms with Gasteiger partial charge in [0.05, 0.1) is 6.10 Å². The molecule has 0 amide bonds. The van der Waals surface area contributed by atoms with E-state index in [1.165, 1.54) is 5.57 Å². The molecule has 0 aliphatic rings. The highest BCUT2D eigenvalue weighted by Gasteiger charge is 2.22. The molecule has 0 bridgehead atoms. The van der Waals surface area contributed by atoms with Crippen molar-refractivity contribution in [1.29, 1.82) is 0 Å². The maximum Gasteiger partial charge on any atom is 0.470 e. The van der Waals surface area contributed by atoms with E-state index >= 15 is 0 Å². The second-order valence-electron chi connectivity index (χ2n) is 9.57. The fourth-order valence-corrected chi connectivity index (χ4v) is 4.19. The third kappa shape index (κ3) is 22.0. The summed E-state index contributed by atoms with van der Waals surface area (Å²) in [6.45, 7) is 13.5. The van der Waals surface area contributed by atoms with Crippen molar-refractivity contribution < 1.29 is 29.1 Å². The highest BCUT2D eigenvalue weighted by atomic mass is 31.2. The molecule has 2 atom stereocenters. The Hall–Kier alpha value is -2.05. The van der Waals surface area contributed by atoms with E-state index in [0.717, 1.165) is 56.1 Å². The first-order chi connectivity index (χ1) is 18.0. The van der Waals surface area contributed by atoms with Gasteiger partial charge in [-0.1, -0.05) is 98.1 Å². The average molecular weight is 549 g/mol. The number of aliphatic hydroxyl groups is 2. The second-order valence-corrected chi connectivity index (χ2v) is 10.8. The van der Waals surface area contributed by atoms with Crippen LogP contribution in [0, 0.1) is 5.92 Å². The normalized spacial score (nSPS) is 15.5. The molecule has 0 rings (SSSR count). The molecule has 7 heteroatoms. The lowest BCUT2D eigenvalue weighted by atomic mass is 9.96. The molecule has 2 unspecified atom stereocenters. The molecular formula is C31H49O6P. The van der Waals surface area contributed by atoms with E-state index in [4.69, 9.17) is 14.7 Å². The summed E-state index contributed by atoms with van der Waals surface area (Å²) >= 11 is 0. The summed E-state index contributed by atoms with van der Waals surface area (Å²) in [7, 11) is -4.59. The first kappa shape index (κ1) is 35.9. The van der Waals surface area contributed by atoms with Crippen molar-refractivity contribution in [2.45, 2.75) is 91.0 Å². The van der Waals surface area contributed by atoms with E-state index in [0.29, 0.717) is 6.42 Å². The summed E-state index contributed by atoms with van der Waals surface area (Å²) in [5.41, 5.74) is 2.92. The van der Waals surface area contributed by atoms with Gasteiger partial charge in [0.2, 0.25) is 0 Å². The third-order valence-electron chi connectivity index (χ3n) is 5.94. The Bertz CT molecular complexity index is 901. The van der Waals surface area contributed by atoms with E-state index in [1.807, 2.05) is 74.6 Å². The smallest absolute Gasteiger partial charge is 0.368 e. The molecule has 38 heavy (non-hydrogen) atoms. The second kappa shape index (κ2) is 21.8. The van der Waals surface area contributed by atoms with Gasteiger partial charge in [-0.05, 0) is 76.7 Å². The summed E-state index contributed by atoms with van der Waals surface area (Å²) in [6.07, 6.45) is 26.6. The number of phosphoric ester groups is 1. The van der Waals surface area contributed by atoms with Gasteiger partial charge >= 0.3 is 7.82 Å². The summed E-state index contributed by atoms with van der Waals surface area (Å²) < 4.78 is 16.5. The summed E-state index contributed by atoms with van der Waals surface area (Å²) in [6, 6.07) is 0. The van der Waals surface area contributed by atoms with Crippen LogP contribution in [0.25, 0.3) is 0 Å². The minimum absolute atomic E-state index is 0.174. The summed E-state index contributed by atoms with van der Waals surface area (Å²) in [5.74, 6) is 0.174. The molecule has 0 aromatic heterocycles. The van der Waals surface area contributed by atoms with E-state index in [9.17, 15) is 14.4 Å². The first-order valence-electron chi connectivity index (χ1n) is 13.3. The SMILES string of the molecule is C=CC=C(C)CCCCC=CC=C(C)C(CCCC=CC=CC=CCC(C)C(=C)CC(O)O)OP(=O)(O)O. The molecular weight excluding hydrogens is 499 g/mol. The van der Waals surface area contributed by atoms with Crippen LogP contribution in [-0.4, -0.2) is 32.4 Å².